The lowest BCUT2D eigenvalue weighted by Gasteiger charge is -2.23. The van der Waals surface area contributed by atoms with Crippen molar-refractivity contribution < 1.29 is 28.2 Å². The fraction of sp³-hybridized carbons (Fsp3) is 0.324. The van der Waals surface area contributed by atoms with Crippen LogP contribution in [0.25, 0.3) is 10.9 Å². The van der Waals surface area contributed by atoms with Crippen molar-refractivity contribution >= 4 is 28.4 Å². The van der Waals surface area contributed by atoms with Crippen molar-refractivity contribution in [3.63, 3.8) is 0 Å². The summed E-state index contributed by atoms with van der Waals surface area (Å²) in [5, 5.41) is 9.03. The van der Waals surface area contributed by atoms with Gasteiger partial charge in [0.2, 0.25) is 0 Å². The summed E-state index contributed by atoms with van der Waals surface area (Å²) in [6.07, 6.45) is 4.26. The number of amides is 2. The van der Waals surface area contributed by atoms with E-state index in [2.05, 4.69) is 27.0 Å². The molecule has 3 aromatic carbocycles. The van der Waals surface area contributed by atoms with Crippen molar-refractivity contribution in [3.8, 4) is 23.0 Å². The average molecular weight is 601 g/mol. The van der Waals surface area contributed by atoms with Gasteiger partial charge in [-0.25, -0.2) is 4.39 Å². The molecule has 10 heteroatoms. The second kappa shape index (κ2) is 14.2. The molecular weight excluding hydrogens is 563 g/mol. The zero-order chi connectivity index (χ0) is 31.1. The molecule has 1 saturated heterocycles. The van der Waals surface area contributed by atoms with E-state index in [4.69, 9.17) is 14.2 Å². The average Bonchev–Trinajstić information content (AvgIpc) is 3.03. The van der Waals surface area contributed by atoms with Crippen LogP contribution >= 0.6 is 0 Å². The fourth-order valence-electron chi connectivity index (χ4n) is 5.23. The number of halogens is 1. The number of piperidine rings is 1. The lowest BCUT2D eigenvalue weighted by Crippen LogP contribution is -2.36. The molecule has 2 heterocycles. The summed E-state index contributed by atoms with van der Waals surface area (Å²) in [4.78, 5) is 29.2. The first kappa shape index (κ1) is 30.7. The van der Waals surface area contributed by atoms with Crippen molar-refractivity contribution in [2.75, 3.05) is 38.7 Å². The van der Waals surface area contributed by atoms with Gasteiger partial charge in [-0.05, 0) is 93.6 Å². The molecule has 4 aromatic rings. The van der Waals surface area contributed by atoms with E-state index in [9.17, 15) is 9.59 Å². The van der Waals surface area contributed by atoms with Crippen LogP contribution in [0.5, 0.6) is 23.0 Å². The number of hydrogen-bond donors (Lipinski definition) is 3. The third-order valence-electron chi connectivity index (χ3n) is 7.73. The second-order valence-electron chi connectivity index (χ2n) is 10.9. The highest BCUT2D eigenvalue weighted by Gasteiger charge is 2.19. The fourth-order valence-corrected chi connectivity index (χ4v) is 5.23. The Morgan fingerprint density at radius 1 is 0.977 bits per heavy atom. The summed E-state index contributed by atoms with van der Waals surface area (Å²) in [6, 6.07) is 15.3. The van der Waals surface area contributed by atoms with Crippen LogP contribution in [0.2, 0.25) is 0 Å². The topological polar surface area (TPSA) is 111 Å². The summed E-state index contributed by atoms with van der Waals surface area (Å²) in [5.74, 6) is -0.543. The molecule has 0 unspecified atom stereocenters. The van der Waals surface area contributed by atoms with Crippen LogP contribution in [0.1, 0.15) is 29.5 Å². The van der Waals surface area contributed by atoms with E-state index < -0.39 is 17.6 Å². The molecule has 0 radical (unpaired) electrons. The Balaban J connectivity index is 1.21. The number of nitrogens with one attached hydrogen (secondary N) is 3. The molecule has 0 spiro atoms. The van der Waals surface area contributed by atoms with Crippen LogP contribution in [-0.4, -0.2) is 50.1 Å². The van der Waals surface area contributed by atoms with Gasteiger partial charge in [-0.2, -0.15) is 0 Å². The highest BCUT2D eigenvalue weighted by Crippen LogP contribution is 2.40. The van der Waals surface area contributed by atoms with Crippen LogP contribution in [0.15, 0.2) is 60.8 Å². The van der Waals surface area contributed by atoms with E-state index >= 15 is 4.39 Å². The number of hydrogen-bond acceptors (Lipinski definition) is 7. The third kappa shape index (κ3) is 7.44. The number of methoxy groups -OCH3 is 1. The van der Waals surface area contributed by atoms with Gasteiger partial charge in [0.15, 0.2) is 23.1 Å². The van der Waals surface area contributed by atoms with Gasteiger partial charge in [-0.3, -0.25) is 14.6 Å². The predicted molar refractivity (Wildman–Crippen MR) is 167 cm³/mol. The van der Waals surface area contributed by atoms with E-state index in [1.807, 2.05) is 32.0 Å². The number of carbonyl (C=O) groups is 2. The lowest BCUT2D eigenvalue weighted by atomic mass is 9.99. The zero-order valence-electron chi connectivity index (χ0n) is 25.2. The van der Waals surface area contributed by atoms with Gasteiger partial charge in [0.25, 0.3) is 0 Å². The van der Waals surface area contributed by atoms with E-state index in [1.54, 1.807) is 25.4 Å². The molecule has 9 nitrogen and oxygen atoms in total. The van der Waals surface area contributed by atoms with Crippen molar-refractivity contribution in [3.05, 3.63) is 83.3 Å². The molecule has 0 aliphatic carbocycles. The molecule has 44 heavy (non-hydrogen) atoms. The van der Waals surface area contributed by atoms with Gasteiger partial charge in [0, 0.05) is 29.9 Å². The molecule has 2 amide bonds. The van der Waals surface area contributed by atoms with Crippen molar-refractivity contribution in [2.45, 2.75) is 33.1 Å². The maximum Gasteiger partial charge on any atom is 0.313 e. The number of nitrogens with zero attached hydrogens (tertiary/aromatic N) is 1. The minimum atomic E-state index is -0.885. The predicted octanol–water partition coefficient (Wildman–Crippen LogP) is 5.47. The SMILES string of the molecule is COc1c(OCC2CCNCC2)ccc2c(Oc3ccc(NC(=O)C(=O)NCCc4cc(C)ccc4C)cc3F)ccnc12. The van der Waals surface area contributed by atoms with Gasteiger partial charge in [-0.1, -0.05) is 23.8 Å². The first-order valence-corrected chi connectivity index (χ1v) is 14.7. The number of benzene rings is 3. The number of anilines is 1. The number of aryl methyl sites for hydroxylation is 2. The minimum absolute atomic E-state index is 0.0568. The van der Waals surface area contributed by atoms with Gasteiger partial charge in [0.1, 0.15) is 11.3 Å². The van der Waals surface area contributed by atoms with Crippen molar-refractivity contribution in [1.82, 2.24) is 15.6 Å². The van der Waals surface area contributed by atoms with Gasteiger partial charge < -0.3 is 30.2 Å². The molecule has 230 valence electrons. The van der Waals surface area contributed by atoms with Gasteiger partial charge in [-0.15, -0.1) is 0 Å². The number of rotatable bonds is 10. The summed E-state index contributed by atoms with van der Waals surface area (Å²) >= 11 is 0. The molecular formula is C34H37FN4O5. The number of aromatic nitrogens is 1. The third-order valence-corrected chi connectivity index (χ3v) is 7.73. The number of ether oxygens (including phenoxy) is 3. The quantitative estimate of drug-likeness (QED) is 0.207. The second-order valence-corrected chi connectivity index (χ2v) is 10.9. The number of fused-ring (bicyclic) bond motifs is 1. The summed E-state index contributed by atoms with van der Waals surface area (Å²) in [7, 11) is 1.55. The largest absolute Gasteiger partial charge is 0.491 e. The molecule has 0 bridgehead atoms. The monoisotopic (exact) mass is 600 g/mol. The first-order valence-electron chi connectivity index (χ1n) is 14.7. The molecule has 1 aliphatic rings. The molecule has 0 atom stereocenters. The van der Waals surface area contributed by atoms with Crippen LogP contribution in [0, 0.1) is 25.6 Å². The van der Waals surface area contributed by atoms with E-state index in [-0.39, 0.29) is 11.4 Å². The maximum atomic E-state index is 15.1. The Morgan fingerprint density at radius 3 is 2.55 bits per heavy atom. The van der Waals surface area contributed by atoms with Crippen LogP contribution in [0.3, 0.4) is 0 Å². The Bertz CT molecular complexity index is 1650. The maximum absolute atomic E-state index is 15.1. The molecule has 1 aromatic heterocycles. The summed E-state index contributed by atoms with van der Waals surface area (Å²) in [6.45, 7) is 6.86. The normalized spacial score (nSPS) is 13.4. The summed E-state index contributed by atoms with van der Waals surface area (Å²) < 4.78 is 32.8. The molecule has 1 fully saturated rings. The van der Waals surface area contributed by atoms with E-state index in [0.29, 0.717) is 53.6 Å². The Kier molecular flexibility index (Phi) is 9.91. The summed E-state index contributed by atoms with van der Waals surface area (Å²) in [5.41, 5.74) is 4.00. The number of carbonyl (C=O) groups excluding carboxylic acids is 2. The standard InChI is InChI=1S/C34H37FN4O5/c1-21-4-5-22(2)24(18-21)12-16-38-33(40)34(41)39-25-6-8-29(27(35)19-25)44-28-13-17-37-31-26(28)7-9-30(32(31)42-3)43-20-23-10-14-36-15-11-23/h4-9,13,17-19,23,36H,10-12,14-16,20H2,1-3H3,(H,38,40)(H,39,41). The van der Waals surface area contributed by atoms with E-state index in [1.165, 1.54) is 12.1 Å². The van der Waals surface area contributed by atoms with Crippen molar-refractivity contribution in [1.29, 1.82) is 0 Å². The molecule has 1 aliphatic heterocycles. The van der Waals surface area contributed by atoms with Crippen molar-refractivity contribution in [2.24, 2.45) is 5.92 Å². The number of pyridine rings is 1. The van der Waals surface area contributed by atoms with E-state index in [0.717, 1.165) is 48.7 Å². The lowest BCUT2D eigenvalue weighted by molar-refractivity contribution is -0.136. The Labute approximate surface area is 256 Å². The molecule has 5 rings (SSSR count). The Morgan fingerprint density at radius 2 is 1.77 bits per heavy atom. The molecule has 3 N–H and O–H groups in total. The Hall–Kier alpha value is -4.70. The van der Waals surface area contributed by atoms with Crippen LogP contribution in [0.4, 0.5) is 10.1 Å². The van der Waals surface area contributed by atoms with Crippen LogP contribution in [-0.2, 0) is 16.0 Å². The van der Waals surface area contributed by atoms with Gasteiger partial charge in [0.05, 0.1) is 13.7 Å². The van der Waals surface area contributed by atoms with Crippen LogP contribution < -0.4 is 30.2 Å². The molecule has 0 saturated carbocycles. The minimum Gasteiger partial charge on any atom is -0.491 e. The first-order chi connectivity index (χ1) is 21.3. The van der Waals surface area contributed by atoms with Gasteiger partial charge >= 0.3 is 11.8 Å². The highest BCUT2D eigenvalue weighted by atomic mass is 19.1. The highest BCUT2D eigenvalue weighted by molar-refractivity contribution is 6.39. The smallest absolute Gasteiger partial charge is 0.313 e. The zero-order valence-corrected chi connectivity index (χ0v) is 25.2.